The van der Waals surface area contributed by atoms with E-state index >= 15 is 0 Å². The minimum atomic E-state index is -1.14. The Hall–Kier alpha value is -1.63. The molecule has 0 aromatic heterocycles. The molecule has 0 unspecified atom stereocenters. The number of hydrogen-bond acceptors (Lipinski definition) is 4. The molecule has 0 bridgehead atoms. The number of hydrogen-bond donors (Lipinski definition) is 4. The highest BCUT2D eigenvalue weighted by Crippen LogP contribution is 2.10. The normalized spacial score (nSPS) is 10.8. The molecule has 0 saturated carbocycles. The third-order valence-corrected chi connectivity index (χ3v) is 2.56. The van der Waals surface area contributed by atoms with Crippen LogP contribution in [-0.2, 0) is 14.4 Å². The first-order valence-corrected chi connectivity index (χ1v) is 5.41. The number of amides is 2. The Morgan fingerprint density at radius 2 is 1.65 bits per heavy atom. The van der Waals surface area contributed by atoms with Crippen molar-refractivity contribution < 1.29 is 19.5 Å². The van der Waals surface area contributed by atoms with Gasteiger partial charge in [-0.15, -0.1) is 0 Å². The molecule has 5 N–H and O–H groups in total. The molecule has 0 rings (SSSR count). The number of nitrogens with two attached hydrogens (primary N) is 1. The minimum Gasteiger partial charge on any atom is -0.480 e. The fourth-order valence-electron chi connectivity index (χ4n) is 1.14. The first-order valence-electron chi connectivity index (χ1n) is 5.41. The maximum Gasteiger partial charge on any atom is 0.322 e. The van der Waals surface area contributed by atoms with Gasteiger partial charge in [-0.2, -0.15) is 0 Å². The van der Waals surface area contributed by atoms with Gasteiger partial charge in [0.15, 0.2) is 0 Å². The fourth-order valence-corrected chi connectivity index (χ4v) is 1.14. The van der Waals surface area contributed by atoms with Crippen molar-refractivity contribution in [2.75, 3.05) is 13.1 Å². The third-order valence-electron chi connectivity index (χ3n) is 2.56. The Kier molecular flexibility index (Phi) is 6.19. The van der Waals surface area contributed by atoms with E-state index in [0.29, 0.717) is 12.8 Å². The summed E-state index contributed by atoms with van der Waals surface area (Å²) in [6.07, 6.45) is 0.929. The molecule has 0 saturated heterocycles. The van der Waals surface area contributed by atoms with Crippen LogP contribution < -0.4 is 16.4 Å². The van der Waals surface area contributed by atoms with E-state index < -0.39 is 29.9 Å². The molecule has 0 aromatic rings. The van der Waals surface area contributed by atoms with Crippen molar-refractivity contribution in [3.05, 3.63) is 0 Å². The molecule has 0 aliphatic carbocycles. The van der Waals surface area contributed by atoms with Gasteiger partial charge in [-0.25, -0.2) is 0 Å². The molecule has 0 fully saturated rings. The van der Waals surface area contributed by atoms with Gasteiger partial charge < -0.3 is 21.5 Å². The molecular weight excluding hydrogens is 226 g/mol. The van der Waals surface area contributed by atoms with Gasteiger partial charge in [0.05, 0.1) is 12.1 Å². The second-order valence-electron chi connectivity index (χ2n) is 3.72. The summed E-state index contributed by atoms with van der Waals surface area (Å²) in [6.45, 7) is 2.83. The monoisotopic (exact) mass is 245 g/mol. The number of aliphatic carboxylic acids is 1. The highest BCUT2D eigenvalue weighted by molar-refractivity contribution is 5.90. The number of rotatable bonds is 7. The van der Waals surface area contributed by atoms with Crippen LogP contribution in [0.5, 0.6) is 0 Å². The van der Waals surface area contributed by atoms with Crippen molar-refractivity contribution >= 4 is 17.8 Å². The van der Waals surface area contributed by atoms with Crippen molar-refractivity contribution in [1.29, 1.82) is 0 Å². The largest absolute Gasteiger partial charge is 0.480 e. The van der Waals surface area contributed by atoms with Gasteiger partial charge in [0.1, 0.15) is 6.54 Å². The second kappa shape index (κ2) is 6.85. The van der Waals surface area contributed by atoms with E-state index in [9.17, 15) is 14.4 Å². The van der Waals surface area contributed by atoms with Crippen LogP contribution in [0.25, 0.3) is 0 Å². The summed E-state index contributed by atoms with van der Waals surface area (Å²) in [6, 6.07) is 0. The summed E-state index contributed by atoms with van der Waals surface area (Å²) < 4.78 is 0. The lowest BCUT2D eigenvalue weighted by molar-refractivity contribution is -0.137. The van der Waals surface area contributed by atoms with Crippen LogP contribution in [0.1, 0.15) is 26.7 Å². The van der Waals surface area contributed by atoms with Crippen molar-refractivity contribution in [3.8, 4) is 0 Å². The lowest BCUT2D eigenvalue weighted by Crippen LogP contribution is -2.54. The Labute approximate surface area is 99.7 Å². The maximum atomic E-state index is 11.6. The molecule has 0 radical (unpaired) electrons. The van der Waals surface area contributed by atoms with Gasteiger partial charge in [-0.1, -0.05) is 13.8 Å². The zero-order valence-electron chi connectivity index (χ0n) is 10.1. The van der Waals surface area contributed by atoms with Crippen LogP contribution in [-0.4, -0.2) is 41.5 Å². The summed E-state index contributed by atoms with van der Waals surface area (Å²) in [7, 11) is 0. The van der Waals surface area contributed by atoms with Crippen LogP contribution in [0.2, 0.25) is 0 Å². The van der Waals surface area contributed by atoms with E-state index in [0.717, 1.165) is 0 Å². The summed E-state index contributed by atoms with van der Waals surface area (Å²) in [5.74, 6) is -2.11. The Bertz CT molecular complexity index is 300. The third kappa shape index (κ3) is 5.30. The predicted molar refractivity (Wildman–Crippen MR) is 61.2 cm³/mol. The molecule has 0 atom stereocenters. The van der Waals surface area contributed by atoms with E-state index in [-0.39, 0.29) is 6.54 Å². The average Bonchev–Trinajstić information content (AvgIpc) is 2.32. The Morgan fingerprint density at radius 1 is 1.12 bits per heavy atom. The number of carboxylic acids is 1. The summed E-state index contributed by atoms with van der Waals surface area (Å²) in [5.41, 5.74) is 4.83. The van der Waals surface area contributed by atoms with E-state index in [1.807, 2.05) is 0 Å². The summed E-state index contributed by atoms with van der Waals surface area (Å²) >= 11 is 0. The van der Waals surface area contributed by atoms with Gasteiger partial charge in [0.25, 0.3) is 0 Å². The molecule has 0 aliphatic rings. The zero-order valence-corrected chi connectivity index (χ0v) is 10.1. The number of carboxylic acid groups (broad SMARTS) is 1. The minimum absolute atomic E-state index is 0.273. The van der Waals surface area contributed by atoms with E-state index in [1.54, 1.807) is 13.8 Å². The molecular formula is C10H19N3O4. The van der Waals surface area contributed by atoms with E-state index in [1.165, 1.54) is 0 Å². The lowest BCUT2D eigenvalue weighted by Gasteiger charge is -2.24. The molecule has 17 heavy (non-hydrogen) atoms. The van der Waals surface area contributed by atoms with Gasteiger partial charge in [-0.05, 0) is 12.8 Å². The van der Waals surface area contributed by atoms with Gasteiger partial charge in [-0.3, -0.25) is 14.4 Å². The first kappa shape index (κ1) is 15.4. The van der Waals surface area contributed by atoms with Crippen molar-refractivity contribution in [1.82, 2.24) is 10.6 Å². The predicted octanol–water partition coefficient (Wildman–Crippen LogP) is -1.18. The second-order valence-corrected chi connectivity index (χ2v) is 3.72. The zero-order chi connectivity index (χ0) is 13.5. The lowest BCUT2D eigenvalue weighted by atomic mass is 9.93. The topological polar surface area (TPSA) is 122 Å². The molecule has 7 heteroatoms. The Balaban J connectivity index is 4.07. The number of carbonyl (C=O) groups is 3. The van der Waals surface area contributed by atoms with Crippen LogP contribution in [0.15, 0.2) is 0 Å². The molecule has 7 nitrogen and oxygen atoms in total. The highest BCUT2D eigenvalue weighted by Gasteiger charge is 2.29. The smallest absolute Gasteiger partial charge is 0.322 e. The van der Waals surface area contributed by atoms with Crippen molar-refractivity contribution in [2.24, 2.45) is 5.73 Å². The molecule has 0 heterocycles. The first-order chi connectivity index (χ1) is 7.85. The Morgan fingerprint density at radius 3 is 2.06 bits per heavy atom. The maximum absolute atomic E-state index is 11.6. The van der Waals surface area contributed by atoms with E-state index in [2.05, 4.69) is 10.6 Å². The van der Waals surface area contributed by atoms with Crippen LogP contribution >= 0.6 is 0 Å². The van der Waals surface area contributed by atoms with Gasteiger partial charge >= 0.3 is 5.97 Å². The van der Waals surface area contributed by atoms with Crippen LogP contribution in [0.4, 0.5) is 0 Å². The standard InChI is InChI=1S/C10H19N3O4/c1-3-10(11,4-2)9(17)13-5-7(14)12-6-8(15)16/h3-6,11H2,1-2H3,(H,12,14)(H,13,17)(H,15,16). The fraction of sp³-hybridized carbons (Fsp3) is 0.700. The molecule has 0 aliphatic heterocycles. The number of carbonyl (C=O) groups excluding carboxylic acids is 2. The van der Waals surface area contributed by atoms with Crippen LogP contribution in [0, 0.1) is 0 Å². The van der Waals surface area contributed by atoms with Crippen molar-refractivity contribution in [3.63, 3.8) is 0 Å². The quantitative estimate of drug-likeness (QED) is 0.450. The highest BCUT2D eigenvalue weighted by atomic mass is 16.4. The molecule has 2 amide bonds. The summed E-state index contributed by atoms with van der Waals surface area (Å²) in [5, 5.41) is 12.8. The van der Waals surface area contributed by atoms with Crippen molar-refractivity contribution in [2.45, 2.75) is 32.2 Å². The molecule has 0 aromatic carbocycles. The number of nitrogens with one attached hydrogen (secondary N) is 2. The average molecular weight is 245 g/mol. The SMILES string of the molecule is CCC(N)(CC)C(=O)NCC(=O)NCC(=O)O. The van der Waals surface area contributed by atoms with Gasteiger partial charge in [0.2, 0.25) is 11.8 Å². The molecule has 0 spiro atoms. The van der Waals surface area contributed by atoms with Gasteiger partial charge in [0, 0.05) is 0 Å². The summed E-state index contributed by atoms with van der Waals surface area (Å²) in [4.78, 5) is 32.9. The van der Waals surface area contributed by atoms with E-state index in [4.69, 9.17) is 10.8 Å². The van der Waals surface area contributed by atoms with Crippen LogP contribution in [0.3, 0.4) is 0 Å². The molecule has 98 valence electrons.